The first kappa shape index (κ1) is 29.4. The fourth-order valence-electron chi connectivity index (χ4n) is 3.76. The lowest BCUT2D eigenvalue weighted by molar-refractivity contribution is -0.152. The van der Waals surface area contributed by atoms with Crippen LogP contribution >= 0.6 is 0 Å². The van der Waals surface area contributed by atoms with Gasteiger partial charge in [-0.1, -0.05) is 36.9 Å². The highest BCUT2D eigenvalue weighted by Crippen LogP contribution is 2.40. The molecule has 1 aromatic carbocycles. The Balaban J connectivity index is 2.16. The molecule has 0 bridgehead atoms. The van der Waals surface area contributed by atoms with Crippen molar-refractivity contribution < 1.29 is 41.1 Å². The molecule has 0 saturated carbocycles. The summed E-state index contributed by atoms with van der Waals surface area (Å²) >= 11 is 0. The zero-order valence-corrected chi connectivity index (χ0v) is 20.2. The maximum absolute atomic E-state index is 14.7. The Morgan fingerprint density at radius 2 is 1.84 bits per heavy atom. The van der Waals surface area contributed by atoms with Gasteiger partial charge >= 0.3 is 12.1 Å². The molecule has 1 aliphatic rings. The van der Waals surface area contributed by atoms with E-state index in [9.17, 15) is 41.1 Å². The van der Waals surface area contributed by atoms with Crippen molar-refractivity contribution in [2.24, 2.45) is 0 Å². The minimum atomic E-state index is -5.10. The van der Waals surface area contributed by atoms with Crippen molar-refractivity contribution in [3.8, 4) is 0 Å². The summed E-state index contributed by atoms with van der Waals surface area (Å²) in [6, 6.07) is 1.19. The number of aldehydes is 1. The first-order chi connectivity index (χ1) is 17.1. The van der Waals surface area contributed by atoms with E-state index in [1.165, 1.54) is 24.9 Å². The first-order valence-electron chi connectivity index (χ1n) is 11.0. The van der Waals surface area contributed by atoms with E-state index in [1.54, 1.807) is 0 Å². The smallest absolute Gasteiger partial charge is 0.357 e. The number of hydrogen-bond donors (Lipinski definition) is 2. The maximum Gasteiger partial charge on any atom is 0.416 e. The minimum Gasteiger partial charge on any atom is -0.357 e. The third-order valence-corrected chi connectivity index (χ3v) is 5.69. The van der Waals surface area contributed by atoms with Crippen LogP contribution in [0.4, 0.5) is 22.0 Å². The molecule has 0 spiro atoms. The van der Waals surface area contributed by atoms with Crippen molar-refractivity contribution in [2.45, 2.75) is 37.9 Å². The van der Waals surface area contributed by atoms with Crippen molar-refractivity contribution in [1.82, 2.24) is 15.5 Å². The van der Waals surface area contributed by atoms with Gasteiger partial charge in [0.15, 0.2) is 0 Å². The predicted octanol–water partition coefficient (Wildman–Crippen LogP) is 3.20. The molecular weight excluding hydrogens is 501 g/mol. The lowest BCUT2D eigenvalue weighted by atomic mass is 9.98. The SMILES string of the molecule is C=C(/C=C1/CN(C(CCC=O)C(=O)NC)C(=O)C1=C)CNC(=O)C(F)(F)c1ccc(C)cc1C(F)(F)F. The van der Waals surface area contributed by atoms with Crippen LogP contribution in [-0.2, 0) is 31.3 Å². The van der Waals surface area contributed by atoms with Crippen molar-refractivity contribution in [3.63, 3.8) is 0 Å². The van der Waals surface area contributed by atoms with Crippen LogP contribution in [0, 0.1) is 6.92 Å². The topological polar surface area (TPSA) is 95.6 Å². The molecule has 1 aromatic rings. The Labute approximate surface area is 210 Å². The molecule has 1 saturated heterocycles. The van der Waals surface area contributed by atoms with E-state index in [0.717, 1.165) is 6.07 Å². The summed E-state index contributed by atoms with van der Waals surface area (Å²) in [5.41, 5.74) is -2.64. The summed E-state index contributed by atoms with van der Waals surface area (Å²) in [5.74, 6) is -7.52. The van der Waals surface area contributed by atoms with Crippen LogP contribution in [0.5, 0.6) is 0 Å². The van der Waals surface area contributed by atoms with Gasteiger partial charge in [0.25, 0.3) is 11.8 Å². The molecule has 1 unspecified atom stereocenters. The van der Waals surface area contributed by atoms with Gasteiger partial charge in [0.05, 0.1) is 5.56 Å². The monoisotopic (exact) mass is 527 g/mol. The predicted molar refractivity (Wildman–Crippen MR) is 124 cm³/mol. The fourth-order valence-corrected chi connectivity index (χ4v) is 3.76. The molecule has 1 fully saturated rings. The maximum atomic E-state index is 14.7. The average Bonchev–Trinajstić information content (AvgIpc) is 3.10. The molecule has 7 nitrogen and oxygen atoms in total. The highest BCUT2D eigenvalue weighted by atomic mass is 19.4. The summed E-state index contributed by atoms with van der Waals surface area (Å²) in [6.07, 6.45) is -3.08. The van der Waals surface area contributed by atoms with Gasteiger partial charge in [-0.2, -0.15) is 22.0 Å². The van der Waals surface area contributed by atoms with Crippen LogP contribution in [0.1, 0.15) is 29.5 Å². The molecule has 37 heavy (non-hydrogen) atoms. The molecule has 2 N–H and O–H groups in total. The van der Waals surface area contributed by atoms with Crippen molar-refractivity contribution in [1.29, 1.82) is 0 Å². The molecule has 0 radical (unpaired) electrons. The number of nitrogens with zero attached hydrogens (tertiary/aromatic N) is 1. The van der Waals surface area contributed by atoms with Crippen LogP contribution in [0.25, 0.3) is 0 Å². The molecule has 0 aromatic heterocycles. The number of rotatable bonds is 10. The summed E-state index contributed by atoms with van der Waals surface area (Å²) in [5, 5.41) is 4.29. The molecule has 1 atom stereocenters. The van der Waals surface area contributed by atoms with Crippen molar-refractivity contribution in [3.05, 3.63) is 70.8 Å². The lowest BCUT2D eigenvalue weighted by Crippen LogP contribution is -2.46. The number of likely N-dealkylation sites (tertiary alicyclic amines) is 1. The van der Waals surface area contributed by atoms with E-state index >= 15 is 0 Å². The Morgan fingerprint density at radius 3 is 2.41 bits per heavy atom. The fraction of sp³-hybridized carbons (Fsp3) is 0.360. The van der Waals surface area contributed by atoms with E-state index in [-0.39, 0.29) is 36.1 Å². The van der Waals surface area contributed by atoms with E-state index in [1.807, 2.05) is 5.32 Å². The summed E-state index contributed by atoms with van der Waals surface area (Å²) in [7, 11) is 1.37. The second kappa shape index (κ2) is 11.5. The molecule has 1 heterocycles. The van der Waals surface area contributed by atoms with E-state index < -0.39 is 53.5 Å². The average molecular weight is 527 g/mol. The van der Waals surface area contributed by atoms with Gasteiger partial charge in [-0.3, -0.25) is 14.4 Å². The normalized spacial score (nSPS) is 16.1. The van der Waals surface area contributed by atoms with Crippen LogP contribution in [0.3, 0.4) is 0 Å². The molecule has 12 heteroatoms. The summed E-state index contributed by atoms with van der Waals surface area (Å²) in [4.78, 5) is 49.0. The number of halogens is 5. The van der Waals surface area contributed by atoms with E-state index in [2.05, 4.69) is 18.5 Å². The zero-order chi connectivity index (χ0) is 28.1. The largest absolute Gasteiger partial charge is 0.416 e. The standard InChI is InChI=1S/C25H26F5N3O4/c1-14-7-8-18(19(11-14)25(28,29)30)24(26,27)23(37)32-12-15(2)10-17-13-33(22(36)16(17)3)20(6-5-9-34)21(35)31-4/h7-11,20H,2-3,5-6,12-13H2,1,4H3,(H,31,35)(H,32,37)/b17-10-. The van der Waals surface area contributed by atoms with Crippen molar-refractivity contribution in [2.75, 3.05) is 20.1 Å². The number of likely N-dealkylation sites (N-methyl/N-ethyl adjacent to an activating group) is 1. The van der Waals surface area contributed by atoms with Crippen molar-refractivity contribution >= 4 is 24.0 Å². The Bertz CT molecular complexity index is 1160. The van der Waals surface area contributed by atoms with Gasteiger partial charge in [-0.15, -0.1) is 0 Å². The van der Waals surface area contributed by atoms with Gasteiger partial charge in [-0.25, -0.2) is 0 Å². The summed E-state index contributed by atoms with van der Waals surface area (Å²) < 4.78 is 69.3. The first-order valence-corrected chi connectivity index (χ1v) is 11.0. The Morgan fingerprint density at radius 1 is 1.19 bits per heavy atom. The molecule has 200 valence electrons. The van der Waals surface area contributed by atoms with Crippen LogP contribution in [0.2, 0.25) is 0 Å². The highest BCUT2D eigenvalue weighted by molar-refractivity contribution is 6.03. The molecule has 3 amide bonds. The van der Waals surface area contributed by atoms with Gasteiger partial charge in [0.2, 0.25) is 5.91 Å². The second-order valence-corrected chi connectivity index (χ2v) is 8.42. The second-order valence-electron chi connectivity index (χ2n) is 8.42. The number of nitrogens with one attached hydrogen (secondary N) is 2. The van der Waals surface area contributed by atoms with Crippen LogP contribution < -0.4 is 10.6 Å². The molecule has 0 aliphatic carbocycles. The molecular formula is C25H26F5N3O4. The third-order valence-electron chi connectivity index (χ3n) is 5.69. The lowest BCUT2D eigenvalue weighted by Gasteiger charge is -2.25. The van der Waals surface area contributed by atoms with Crippen LogP contribution in [0.15, 0.2) is 54.2 Å². The number of amides is 3. The number of aryl methyl sites for hydroxylation is 1. The van der Waals surface area contributed by atoms with Gasteiger partial charge < -0.3 is 20.3 Å². The van der Waals surface area contributed by atoms with Gasteiger partial charge in [-0.05, 0) is 30.6 Å². The highest BCUT2D eigenvalue weighted by Gasteiger charge is 2.47. The molecule has 2 rings (SSSR count). The third kappa shape index (κ3) is 6.69. The molecule has 1 aliphatic heterocycles. The number of benzene rings is 1. The number of carbonyl (C=O) groups excluding carboxylic acids is 4. The van der Waals surface area contributed by atoms with Gasteiger partial charge in [0, 0.05) is 37.7 Å². The quantitative estimate of drug-likeness (QED) is 0.278. The Hall–Kier alpha value is -3.83. The zero-order valence-electron chi connectivity index (χ0n) is 20.2. The van der Waals surface area contributed by atoms with E-state index in [4.69, 9.17) is 0 Å². The number of hydrogen-bond acceptors (Lipinski definition) is 4. The minimum absolute atomic E-state index is 0.00675. The number of carbonyl (C=O) groups is 4. The summed E-state index contributed by atoms with van der Waals surface area (Å²) in [6.45, 7) is 7.95. The van der Waals surface area contributed by atoms with Gasteiger partial charge in [0.1, 0.15) is 12.3 Å². The Kier molecular flexibility index (Phi) is 9.13. The van der Waals surface area contributed by atoms with E-state index in [0.29, 0.717) is 24.0 Å². The number of alkyl halides is 5. The van der Waals surface area contributed by atoms with Crippen LogP contribution in [-0.4, -0.2) is 55.1 Å².